The van der Waals surface area contributed by atoms with E-state index in [1.54, 1.807) is 12.1 Å². The quantitative estimate of drug-likeness (QED) is 0.854. The Bertz CT molecular complexity index is 350. The second kappa shape index (κ2) is 6.34. The number of nitrogens with two attached hydrogens (primary N) is 1. The van der Waals surface area contributed by atoms with Crippen molar-refractivity contribution in [3.8, 4) is 0 Å². The first-order chi connectivity index (χ1) is 7.97. The standard InChI is InChI=1S/C13H19ClFNO/c1-8(2)10(7-16)13(17)6-9-11(14)4-3-5-12(9)15/h3-5,8,10,13,17H,6-7,16H2,1-2H3. The maximum absolute atomic E-state index is 13.6. The van der Waals surface area contributed by atoms with Crippen LogP contribution in [0.1, 0.15) is 19.4 Å². The lowest BCUT2D eigenvalue weighted by Crippen LogP contribution is -2.33. The summed E-state index contributed by atoms with van der Waals surface area (Å²) in [6.07, 6.45) is -0.472. The average Bonchev–Trinajstić information content (AvgIpc) is 2.24. The molecule has 0 aliphatic rings. The summed E-state index contributed by atoms with van der Waals surface area (Å²) in [4.78, 5) is 0. The average molecular weight is 260 g/mol. The van der Waals surface area contributed by atoms with Crippen LogP contribution < -0.4 is 5.73 Å². The fraction of sp³-hybridized carbons (Fsp3) is 0.538. The molecule has 1 rings (SSSR count). The lowest BCUT2D eigenvalue weighted by Gasteiger charge is -2.25. The molecule has 2 nitrogen and oxygen atoms in total. The van der Waals surface area contributed by atoms with Crippen LogP contribution in [0.15, 0.2) is 18.2 Å². The van der Waals surface area contributed by atoms with Gasteiger partial charge in [-0.05, 0) is 30.5 Å². The fourth-order valence-electron chi connectivity index (χ4n) is 1.96. The van der Waals surface area contributed by atoms with Gasteiger partial charge in [-0.25, -0.2) is 4.39 Å². The Morgan fingerprint density at radius 1 is 1.41 bits per heavy atom. The highest BCUT2D eigenvalue weighted by atomic mass is 35.5. The number of halogens is 2. The van der Waals surface area contributed by atoms with Gasteiger partial charge in [0.25, 0.3) is 0 Å². The van der Waals surface area contributed by atoms with Crippen molar-refractivity contribution in [2.45, 2.75) is 26.4 Å². The van der Waals surface area contributed by atoms with Gasteiger partial charge in [-0.3, -0.25) is 0 Å². The fourth-order valence-corrected chi connectivity index (χ4v) is 2.20. The van der Waals surface area contributed by atoms with E-state index >= 15 is 0 Å². The molecule has 3 N–H and O–H groups in total. The molecule has 17 heavy (non-hydrogen) atoms. The third kappa shape index (κ3) is 3.66. The molecule has 2 atom stereocenters. The molecule has 0 bridgehead atoms. The van der Waals surface area contributed by atoms with Gasteiger partial charge >= 0.3 is 0 Å². The summed E-state index contributed by atoms with van der Waals surface area (Å²) in [7, 11) is 0. The highest BCUT2D eigenvalue weighted by molar-refractivity contribution is 6.31. The normalized spacial score (nSPS) is 15.0. The molecular weight excluding hydrogens is 241 g/mol. The molecular formula is C13H19ClFNO. The molecule has 0 fully saturated rings. The Labute approximate surface area is 107 Å². The summed E-state index contributed by atoms with van der Waals surface area (Å²) >= 11 is 5.92. The van der Waals surface area contributed by atoms with E-state index in [0.29, 0.717) is 17.1 Å². The first-order valence-electron chi connectivity index (χ1n) is 5.78. The number of rotatable bonds is 5. The first-order valence-corrected chi connectivity index (χ1v) is 6.16. The predicted octanol–water partition coefficient (Wildman–Crippen LogP) is 2.61. The largest absolute Gasteiger partial charge is 0.392 e. The number of benzene rings is 1. The van der Waals surface area contributed by atoms with Crippen LogP contribution in [0.4, 0.5) is 4.39 Å². The van der Waals surface area contributed by atoms with Gasteiger partial charge in [-0.1, -0.05) is 31.5 Å². The van der Waals surface area contributed by atoms with E-state index < -0.39 is 6.10 Å². The Kier molecular flexibility index (Phi) is 5.37. The summed E-state index contributed by atoms with van der Waals surface area (Å²) in [5, 5.41) is 10.4. The van der Waals surface area contributed by atoms with Gasteiger partial charge in [0.2, 0.25) is 0 Å². The van der Waals surface area contributed by atoms with Crippen LogP contribution in [-0.4, -0.2) is 17.8 Å². The number of aliphatic hydroxyl groups is 1. The second-order valence-corrected chi connectivity index (χ2v) is 5.02. The highest BCUT2D eigenvalue weighted by Gasteiger charge is 2.23. The van der Waals surface area contributed by atoms with Crippen molar-refractivity contribution in [3.63, 3.8) is 0 Å². The molecule has 1 aromatic rings. The van der Waals surface area contributed by atoms with Crippen LogP contribution in [0.3, 0.4) is 0 Å². The van der Waals surface area contributed by atoms with Gasteiger partial charge in [0.05, 0.1) is 6.10 Å². The summed E-state index contributed by atoms with van der Waals surface area (Å²) in [6.45, 7) is 4.36. The molecule has 2 unspecified atom stereocenters. The van der Waals surface area contributed by atoms with Crippen LogP contribution in [0.2, 0.25) is 5.02 Å². The van der Waals surface area contributed by atoms with Crippen molar-refractivity contribution >= 4 is 11.6 Å². The van der Waals surface area contributed by atoms with Crippen molar-refractivity contribution in [2.75, 3.05) is 6.54 Å². The summed E-state index contributed by atoms with van der Waals surface area (Å²) in [5.74, 6) is -0.178. The maximum Gasteiger partial charge on any atom is 0.127 e. The molecule has 0 saturated heterocycles. The lowest BCUT2D eigenvalue weighted by molar-refractivity contribution is 0.0856. The monoisotopic (exact) mass is 259 g/mol. The van der Waals surface area contributed by atoms with Gasteiger partial charge in [0.15, 0.2) is 0 Å². The zero-order chi connectivity index (χ0) is 13.0. The van der Waals surface area contributed by atoms with Crippen LogP contribution in [0, 0.1) is 17.7 Å². The van der Waals surface area contributed by atoms with E-state index in [9.17, 15) is 9.50 Å². The van der Waals surface area contributed by atoms with E-state index in [1.807, 2.05) is 13.8 Å². The Hall–Kier alpha value is -0.640. The smallest absolute Gasteiger partial charge is 0.127 e. The molecule has 0 amide bonds. The van der Waals surface area contributed by atoms with Crippen molar-refractivity contribution in [3.05, 3.63) is 34.6 Å². The van der Waals surface area contributed by atoms with Crippen molar-refractivity contribution < 1.29 is 9.50 Å². The SMILES string of the molecule is CC(C)C(CN)C(O)Cc1c(F)cccc1Cl. The van der Waals surface area contributed by atoms with Crippen LogP contribution in [0.5, 0.6) is 0 Å². The highest BCUT2D eigenvalue weighted by Crippen LogP contribution is 2.24. The van der Waals surface area contributed by atoms with E-state index in [2.05, 4.69) is 0 Å². The topological polar surface area (TPSA) is 46.2 Å². The van der Waals surface area contributed by atoms with Gasteiger partial charge < -0.3 is 10.8 Å². The third-order valence-corrected chi connectivity index (χ3v) is 3.45. The molecule has 0 radical (unpaired) electrons. The van der Waals surface area contributed by atoms with E-state index in [0.717, 1.165) is 0 Å². The summed E-state index contributed by atoms with van der Waals surface area (Å²) < 4.78 is 13.6. The van der Waals surface area contributed by atoms with Crippen molar-refractivity contribution in [1.82, 2.24) is 0 Å². The number of hydrogen-bond donors (Lipinski definition) is 2. The molecule has 0 aliphatic heterocycles. The minimum atomic E-state index is -0.672. The lowest BCUT2D eigenvalue weighted by atomic mass is 9.87. The Morgan fingerprint density at radius 2 is 2.06 bits per heavy atom. The van der Waals surface area contributed by atoms with Gasteiger partial charge in [0.1, 0.15) is 5.82 Å². The number of aliphatic hydroxyl groups excluding tert-OH is 1. The molecule has 1 aromatic carbocycles. The predicted molar refractivity (Wildman–Crippen MR) is 68.5 cm³/mol. The molecule has 0 saturated carbocycles. The molecule has 4 heteroatoms. The van der Waals surface area contributed by atoms with Crippen molar-refractivity contribution in [2.24, 2.45) is 17.6 Å². The third-order valence-electron chi connectivity index (χ3n) is 3.10. The molecule has 0 heterocycles. The van der Waals surface area contributed by atoms with Gasteiger partial charge in [-0.15, -0.1) is 0 Å². The zero-order valence-corrected chi connectivity index (χ0v) is 10.9. The van der Waals surface area contributed by atoms with Crippen LogP contribution in [0.25, 0.3) is 0 Å². The Morgan fingerprint density at radius 3 is 2.53 bits per heavy atom. The van der Waals surface area contributed by atoms with E-state index in [4.69, 9.17) is 17.3 Å². The maximum atomic E-state index is 13.6. The second-order valence-electron chi connectivity index (χ2n) is 4.62. The molecule has 96 valence electrons. The van der Waals surface area contributed by atoms with E-state index in [-0.39, 0.29) is 24.1 Å². The zero-order valence-electron chi connectivity index (χ0n) is 10.2. The minimum Gasteiger partial charge on any atom is -0.392 e. The summed E-state index contributed by atoms with van der Waals surface area (Å²) in [5.41, 5.74) is 5.98. The molecule has 0 aliphatic carbocycles. The van der Waals surface area contributed by atoms with E-state index in [1.165, 1.54) is 6.07 Å². The number of hydrogen-bond acceptors (Lipinski definition) is 2. The van der Waals surface area contributed by atoms with Crippen molar-refractivity contribution in [1.29, 1.82) is 0 Å². The van der Waals surface area contributed by atoms with Crippen LogP contribution >= 0.6 is 11.6 Å². The Balaban J connectivity index is 2.83. The molecule has 0 spiro atoms. The van der Waals surface area contributed by atoms with Crippen LogP contribution in [-0.2, 0) is 6.42 Å². The van der Waals surface area contributed by atoms with Gasteiger partial charge in [0, 0.05) is 17.0 Å². The first kappa shape index (κ1) is 14.4. The summed E-state index contributed by atoms with van der Waals surface area (Å²) in [6, 6.07) is 4.52. The molecule has 0 aromatic heterocycles. The van der Waals surface area contributed by atoms with Gasteiger partial charge in [-0.2, -0.15) is 0 Å². The minimum absolute atomic E-state index is 0.0503.